The fourth-order valence-electron chi connectivity index (χ4n) is 0.990. The minimum absolute atomic E-state index is 0.145. The van der Waals surface area contributed by atoms with Gasteiger partial charge in [0.2, 0.25) is 0 Å². The molecule has 0 spiro atoms. The number of allylic oxidation sites excluding steroid dienone is 2. The first kappa shape index (κ1) is 18.1. The zero-order chi connectivity index (χ0) is 14.2. The largest absolute Gasteiger partial charge is 0.498 e. The summed E-state index contributed by atoms with van der Waals surface area (Å²) < 4.78 is 66.3. The molecule has 3 nitrogen and oxygen atoms in total. The molecule has 106 valence electrons. The summed E-state index contributed by atoms with van der Waals surface area (Å²) in [6.45, 7) is 0. The van der Waals surface area contributed by atoms with Gasteiger partial charge in [0.15, 0.2) is 0 Å². The second kappa shape index (κ2) is 8.31. The van der Waals surface area contributed by atoms with Gasteiger partial charge in [-0.3, -0.25) is 0 Å². The van der Waals surface area contributed by atoms with E-state index in [0.717, 1.165) is 8.52 Å². The molecule has 0 aliphatic heterocycles. The Balaban J connectivity index is 0.000000494. The molecule has 0 radical (unpaired) electrons. The van der Waals surface area contributed by atoms with Crippen LogP contribution in [-0.4, -0.2) is 12.3 Å². The van der Waals surface area contributed by atoms with Crippen molar-refractivity contribution >= 4 is 27.3 Å². The Morgan fingerprint density at radius 1 is 1.33 bits per heavy atom. The zero-order valence-corrected chi connectivity index (χ0v) is 12.2. The second-order valence-electron chi connectivity index (χ2n) is 3.02. The predicted molar refractivity (Wildman–Crippen MR) is 65.9 cm³/mol. The fourth-order valence-corrected chi connectivity index (χ4v) is 1.86. The van der Waals surface area contributed by atoms with Crippen LogP contribution >= 0.6 is 27.3 Å². The van der Waals surface area contributed by atoms with E-state index in [1.807, 2.05) is 0 Å². The minimum Gasteiger partial charge on any atom is -0.431 e. The highest BCUT2D eigenvalue weighted by molar-refractivity contribution is 7.41. The van der Waals surface area contributed by atoms with Crippen LogP contribution in [0.25, 0.3) is 0 Å². The molecule has 1 aliphatic carbocycles. The van der Waals surface area contributed by atoms with Crippen LogP contribution in [0.15, 0.2) is 16.4 Å². The van der Waals surface area contributed by atoms with Crippen molar-refractivity contribution in [3.05, 3.63) is 11.8 Å². The molecule has 2 atom stereocenters. The summed E-state index contributed by atoms with van der Waals surface area (Å²) in [5.74, 6) is -0.276. The number of nitrogens with one attached hydrogen (secondary N) is 1. The molecule has 0 heterocycles. The van der Waals surface area contributed by atoms with E-state index in [1.54, 1.807) is 0 Å². The van der Waals surface area contributed by atoms with Gasteiger partial charge in [-0.25, -0.2) is 9.37 Å². The Morgan fingerprint density at radius 2 is 1.94 bits per heavy atom. The van der Waals surface area contributed by atoms with E-state index in [9.17, 15) is 22.0 Å². The van der Waals surface area contributed by atoms with Gasteiger partial charge in [-0.1, -0.05) is 9.39 Å². The molecular formula is C7H12F5N2OP3. The molecule has 18 heavy (non-hydrogen) atoms. The van der Waals surface area contributed by atoms with Gasteiger partial charge >= 0.3 is 12.3 Å². The smallest absolute Gasteiger partial charge is 0.431 e. The molecule has 1 N–H and O–H groups in total. The highest BCUT2D eigenvalue weighted by Gasteiger charge is 2.61. The lowest BCUT2D eigenvalue weighted by Crippen LogP contribution is -2.38. The Hall–Kier alpha value is 0.110. The second-order valence-corrected chi connectivity index (χ2v) is 5.18. The topological polar surface area (TPSA) is 33.6 Å². The van der Waals surface area contributed by atoms with E-state index in [0.29, 0.717) is 12.8 Å². The number of alkyl halides is 5. The molecule has 0 fully saturated rings. The monoisotopic (exact) mass is 328 g/mol. The summed E-state index contributed by atoms with van der Waals surface area (Å²) in [6, 6.07) is 0. The standard InChI is InChI=1S/C7H7F5O.H5N2P3/c8-6(9,10)7(11,12)13-5-3-1-2-4-5;3-1-5-2-4/h3H,1-2,4H2;3-4H2,(H,1,2). The van der Waals surface area contributed by atoms with Crippen molar-refractivity contribution in [1.29, 1.82) is 0 Å². The van der Waals surface area contributed by atoms with Crippen LogP contribution in [-0.2, 0) is 4.74 Å². The summed E-state index contributed by atoms with van der Waals surface area (Å²) in [6.07, 6.45) is -8.27. The van der Waals surface area contributed by atoms with Crippen LogP contribution in [0.3, 0.4) is 0 Å². The van der Waals surface area contributed by atoms with Gasteiger partial charge in [0.1, 0.15) is 0 Å². The molecule has 0 aromatic rings. The molecule has 0 saturated heterocycles. The van der Waals surface area contributed by atoms with E-state index in [2.05, 4.69) is 32.9 Å². The third kappa shape index (κ3) is 6.89. The van der Waals surface area contributed by atoms with Crippen molar-refractivity contribution < 1.29 is 26.7 Å². The van der Waals surface area contributed by atoms with Crippen LogP contribution in [0.1, 0.15) is 19.3 Å². The van der Waals surface area contributed by atoms with Crippen molar-refractivity contribution in [3.63, 3.8) is 0 Å². The highest BCUT2D eigenvalue weighted by atomic mass is 31.1. The van der Waals surface area contributed by atoms with E-state index in [4.69, 9.17) is 0 Å². The predicted octanol–water partition coefficient (Wildman–Crippen LogP) is 4.43. The van der Waals surface area contributed by atoms with E-state index in [1.165, 1.54) is 6.08 Å². The number of ether oxygens (including phenoxy) is 1. The first-order valence-corrected chi connectivity index (χ1v) is 6.57. The molecule has 0 aromatic heterocycles. The van der Waals surface area contributed by atoms with Crippen molar-refractivity contribution in [2.45, 2.75) is 31.5 Å². The number of hydrogen-bond acceptors (Lipinski definition) is 2. The van der Waals surface area contributed by atoms with Crippen LogP contribution in [0.2, 0.25) is 0 Å². The molecule has 1 rings (SSSR count). The Kier molecular flexibility index (Phi) is 8.37. The van der Waals surface area contributed by atoms with Gasteiger partial charge < -0.3 is 4.74 Å². The van der Waals surface area contributed by atoms with Crippen molar-refractivity contribution in [3.8, 4) is 0 Å². The fraction of sp³-hybridized carbons (Fsp3) is 0.714. The number of nitrogens with zero attached hydrogens (tertiary/aromatic N) is 1. The zero-order valence-electron chi connectivity index (χ0n) is 9.05. The van der Waals surface area contributed by atoms with Crippen LogP contribution in [0.5, 0.6) is 0 Å². The van der Waals surface area contributed by atoms with Gasteiger partial charge in [0.05, 0.1) is 14.3 Å². The Labute approximate surface area is 107 Å². The average Bonchev–Trinajstić information content (AvgIpc) is 2.70. The number of halogens is 5. The quantitative estimate of drug-likeness (QED) is 0.614. The van der Waals surface area contributed by atoms with Gasteiger partial charge in [0, 0.05) is 6.42 Å². The van der Waals surface area contributed by atoms with Gasteiger partial charge in [-0.2, -0.15) is 22.0 Å². The molecule has 0 aromatic carbocycles. The molecule has 11 heteroatoms. The summed E-state index contributed by atoms with van der Waals surface area (Å²) in [5, 5.41) is 0. The molecule has 0 saturated carbocycles. The highest BCUT2D eigenvalue weighted by Crippen LogP contribution is 2.39. The first-order valence-electron chi connectivity index (χ1n) is 4.62. The summed E-state index contributed by atoms with van der Waals surface area (Å²) >= 11 is 0. The SMILES string of the molecule is FC(F)(F)C(F)(F)OC1=CCCC1.PN=PNP. The van der Waals surface area contributed by atoms with Crippen molar-refractivity contribution in [1.82, 2.24) is 4.86 Å². The summed E-state index contributed by atoms with van der Waals surface area (Å²) in [7, 11) is 5.45. The maximum absolute atomic E-state index is 12.2. The normalized spacial score (nSPS) is 16.3. The third-order valence-electron chi connectivity index (χ3n) is 1.70. The van der Waals surface area contributed by atoms with Crippen molar-refractivity contribution in [2.75, 3.05) is 0 Å². The molecule has 0 bridgehead atoms. The maximum atomic E-state index is 12.2. The lowest BCUT2D eigenvalue weighted by Gasteiger charge is -2.20. The lowest BCUT2D eigenvalue weighted by atomic mass is 10.4. The Bertz CT molecular complexity index is 308. The van der Waals surface area contributed by atoms with E-state index in [-0.39, 0.29) is 12.2 Å². The van der Waals surface area contributed by atoms with Crippen molar-refractivity contribution in [2.24, 2.45) is 4.52 Å². The van der Waals surface area contributed by atoms with Crippen LogP contribution in [0.4, 0.5) is 22.0 Å². The molecule has 2 unspecified atom stereocenters. The van der Waals surface area contributed by atoms with E-state index < -0.39 is 12.3 Å². The average molecular weight is 328 g/mol. The van der Waals surface area contributed by atoms with Gasteiger partial charge in [0.25, 0.3) is 0 Å². The molecule has 0 amide bonds. The summed E-state index contributed by atoms with van der Waals surface area (Å²) in [4.78, 5) is 2.72. The number of hydrogen-bond donors (Lipinski definition) is 1. The maximum Gasteiger partial charge on any atom is 0.498 e. The molecule has 1 aliphatic rings. The molecular weight excluding hydrogens is 316 g/mol. The third-order valence-corrected chi connectivity index (χ3v) is 2.63. The van der Waals surface area contributed by atoms with Crippen LogP contribution in [0, 0.1) is 0 Å². The lowest BCUT2D eigenvalue weighted by molar-refractivity contribution is -0.379. The Morgan fingerprint density at radius 3 is 2.22 bits per heavy atom. The van der Waals surface area contributed by atoms with Gasteiger partial charge in [-0.15, -0.1) is 0 Å². The summed E-state index contributed by atoms with van der Waals surface area (Å²) in [5.41, 5.74) is 0. The minimum atomic E-state index is -5.64. The van der Waals surface area contributed by atoms with Gasteiger partial charge in [-0.05, 0) is 28.3 Å². The first-order chi connectivity index (χ1) is 8.24. The van der Waals surface area contributed by atoms with E-state index >= 15 is 0 Å². The van der Waals surface area contributed by atoms with Crippen LogP contribution < -0.4 is 4.86 Å². The number of rotatable bonds is 3.